The summed E-state index contributed by atoms with van der Waals surface area (Å²) >= 11 is 1.85. The van der Waals surface area contributed by atoms with E-state index in [2.05, 4.69) is 21.5 Å². The van der Waals surface area contributed by atoms with Gasteiger partial charge in [0, 0.05) is 48.6 Å². The number of aromatic amines is 1. The van der Waals surface area contributed by atoms with Crippen LogP contribution >= 0.6 is 11.8 Å². The number of amides is 1. The molecule has 3 aromatic rings. The van der Waals surface area contributed by atoms with Crippen molar-refractivity contribution in [1.82, 2.24) is 19.7 Å². The zero-order chi connectivity index (χ0) is 25.3. The maximum absolute atomic E-state index is 15.3. The molecule has 2 aromatic heterocycles. The average molecular weight is 511 g/mol. The van der Waals surface area contributed by atoms with Gasteiger partial charge in [0.1, 0.15) is 17.1 Å². The van der Waals surface area contributed by atoms with E-state index in [9.17, 15) is 14.9 Å². The number of anilines is 2. The summed E-state index contributed by atoms with van der Waals surface area (Å²) in [7, 11) is 0. The summed E-state index contributed by atoms with van der Waals surface area (Å²) in [4.78, 5) is 30.3. The van der Waals surface area contributed by atoms with Crippen LogP contribution in [0, 0.1) is 18.3 Å². The molecular formula is C25H27FN6O3S. The number of hydrogen-bond acceptors (Lipinski definition) is 7. The molecular weight excluding hydrogens is 483 g/mol. The van der Waals surface area contributed by atoms with Crippen molar-refractivity contribution in [3.05, 3.63) is 51.9 Å². The van der Waals surface area contributed by atoms with E-state index in [1.165, 1.54) is 10.9 Å². The van der Waals surface area contributed by atoms with Gasteiger partial charge in [-0.3, -0.25) is 14.3 Å². The molecule has 2 atom stereocenters. The van der Waals surface area contributed by atoms with Crippen LogP contribution in [0.1, 0.15) is 28.8 Å². The molecule has 1 amide bonds. The van der Waals surface area contributed by atoms with E-state index in [4.69, 9.17) is 4.74 Å². The predicted molar refractivity (Wildman–Crippen MR) is 137 cm³/mol. The SMILES string of the molecule is Cc1cc(Nc2nn(C3(CC#N)CCOCC3F)c3cc[nH]c(=O)c23)ccc1C(=O)N1CCSCC1. The van der Waals surface area contributed by atoms with Gasteiger partial charge < -0.3 is 19.9 Å². The first-order valence-electron chi connectivity index (χ1n) is 11.9. The number of aromatic nitrogens is 3. The lowest BCUT2D eigenvalue weighted by molar-refractivity contribution is -0.0511. The quantitative estimate of drug-likeness (QED) is 0.541. The van der Waals surface area contributed by atoms with Gasteiger partial charge >= 0.3 is 0 Å². The number of H-pyrrole nitrogens is 1. The van der Waals surface area contributed by atoms with E-state index in [0.29, 0.717) is 23.4 Å². The van der Waals surface area contributed by atoms with E-state index in [-0.39, 0.29) is 42.1 Å². The first kappa shape index (κ1) is 24.3. The van der Waals surface area contributed by atoms with E-state index < -0.39 is 11.7 Å². The largest absolute Gasteiger partial charge is 0.378 e. The van der Waals surface area contributed by atoms with Crippen LogP contribution in [0.3, 0.4) is 0 Å². The minimum atomic E-state index is -1.46. The van der Waals surface area contributed by atoms with E-state index in [1.54, 1.807) is 18.2 Å². The van der Waals surface area contributed by atoms with E-state index in [1.807, 2.05) is 29.7 Å². The fourth-order valence-corrected chi connectivity index (χ4v) is 5.86. The molecule has 2 N–H and O–H groups in total. The van der Waals surface area contributed by atoms with Crippen molar-refractivity contribution in [2.45, 2.75) is 31.5 Å². The molecule has 2 aliphatic rings. The fraction of sp³-hybridized carbons (Fsp3) is 0.440. The van der Waals surface area contributed by atoms with Crippen LogP contribution < -0.4 is 10.9 Å². The third-order valence-electron chi connectivity index (χ3n) is 6.96. The lowest BCUT2D eigenvalue weighted by Crippen LogP contribution is -2.49. The van der Waals surface area contributed by atoms with Crippen LogP contribution in [-0.4, -0.2) is 69.6 Å². The zero-order valence-electron chi connectivity index (χ0n) is 19.9. The standard InChI is InChI=1S/C25H27FN6O3S/c1-16-14-17(2-3-18(16)24(34)31-9-12-36-13-10-31)29-22-21-19(4-8-28-23(21)33)32(30-22)25(5-7-27)6-11-35-15-20(25)26/h2-4,8,14,20H,5-6,9-13,15H2,1H3,(H,28,33)(H,29,30). The molecule has 4 heterocycles. The zero-order valence-corrected chi connectivity index (χ0v) is 20.7. The van der Waals surface area contributed by atoms with Crippen molar-refractivity contribution < 1.29 is 13.9 Å². The predicted octanol–water partition coefficient (Wildman–Crippen LogP) is 3.33. The summed E-state index contributed by atoms with van der Waals surface area (Å²) in [5.41, 5.74) is 0.907. The lowest BCUT2D eigenvalue weighted by atomic mass is 9.85. The second-order valence-corrected chi connectivity index (χ2v) is 10.3. The number of ether oxygens (including phenoxy) is 1. The number of hydrogen-bond donors (Lipinski definition) is 2. The lowest BCUT2D eigenvalue weighted by Gasteiger charge is -2.38. The number of carbonyl (C=O) groups excluding carboxylic acids is 1. The fourth-order valence-electron chi connectivity index (χ4n) is 4.96. The van der Waals surface area contributed by atoms with Gasteiger partial charge in [-0.25, -0.2) is 4.39 Å². The summed E-state index contributed by atoms with van der Waals surface area (Å²) in [5.74, 6) is 2.15. The molecule has 1 aromatic carbocycles. The summed E-state index contributed by atoms with van der Waals surface area (Å²) in [5, 5.41) is 17.6. The highest BCUT2D eigenvalue weighted by Gasteiger charge is 2.46. The summed E-state index contributed by atoms with van der Waals surface area (Å²) in [6, 6.07) is 9.15. The molecule has 0 aliphatic carbocycles. The Kier molecular flexibility index (Phi) is 6.73. The maximum atomic E-state index is 15.3. The highest BCUT2D eigenvalue weighted by Crippen LogP contribution is 2.38. The van der Waals surface area contributed by atoms with Crippen LogP contribution in [0.15, 0.2) is 35.3 Å². The van der Waals surface area contributed by atoms with Gasteiger partial charge in [-0.1, -0.05) is 0 Å². The van der Waals surface area contributed by atoms with E-state index in [0.717, 1.165) is 30.2 Å². The minimum absolute atomic E-state index is 0.0115. The summed E-state index contributed by atoms with van der Waals surface area (Å²) < 4.78 is 22.1. The Balaban J connectivity index is 1.52. The van der Waals surface area contributed by atoms with Gasteiger partial charge in [-0.05, 0) is 43.2 Å². The Morgan fingerprint density at radius 1 is 1.39 bits per heavy atom. The number of carbonyl (C=O) groups is 1. The van der Waals surface area contributed by atoms with Crippen molar-refractivity contribution in [2.24, 2.45) is 0 Å². The molecule has 0 saturated carbocycles. The van der Waals surface area contributed by atoms with E-state index >= 15 is 4.39 Å². The van der Waals surface area contributed by atoms with Gasteiger partial charge in [0.2, 0.25) is 0 Å². The Bertz CT molecular complexity index is 1390. The van der Waals surface area contributed by atoms with Crippen LogP contribution in [0.25, 0.3) is 10.9 Å². The highest BCUT2D eigenvalue weighted by atomic mass is 32.2. The highest BCUT2D eigenvalue weighted by molar-refractivity contribution is 7.99. The van der Waals surface area contributed by atoms with Crippen LogP contribution in [-0.2, 0) is 10.3 Å². The number of benzene rings is 1. The molecule has 36 heavy (non-hydrogen) atoms. The van der Waals surface area contributed by atoms with Crippen molar-refractivity contribution in [1.29, 1.82) is 5.26 Å². The topological polar surface area (TPSA) is 116 Å². The average Bonchev–Trinajstić information content (AvgIpc) is 3.26. The van der Waals surface area contributed by atoms with Crippen molar-refractivity contribution in [3.63, 3.8) is 0 Å². The van der Waals surface area contributed by atoms with Gasteiger partial charge in [-0.15, -0.1) is 0 Å². The van der Waals surface area contributed by atoms with Gasteiger partial charge in [0.15, 0.2) is 5.82 Å². The Morgan fingerprint density at radius 2 is 2.19 bits per heavy atom. The Morgan fingerprint density at radius 3 is 2.92 bits per heavy atom. The number of nitrogens with zero attached hydrogens (tertiary/aromatic N) is 4. The van der Waals surface area contributed by atoms with Crippen molar-refractivity contribution >= 4 is 40.1 Å². The summed E-state index contributed by atoms with van der Waals surface area (Å²) in [6.07, 6.45) is 0.186. The molecule has 2 aliphatic heterocycles. The second kappa shape index (κ2) is 9.95. The first-order chi connectivity index (χ1) is 17.4. The number of nitrogens with one attached hydrogen (secondary N) is 2. The number of pyridine rings is 1. The molecule has 2 saturated heterocycles. The minimum Gasteiger partial charge on any atom is -0.378 e. The number of alkyl halides is 1. The Labute approximate surface area is 211 Å². The summed E-state index contributed by atoms with van der Waals surface area (Å²) in [6.45, 7) is 3.50. The van der Waals surface area contributed by atoms with Crippen LogP contribution in [0.5, 0.6) is 0 Å². The van der Waals surface area contributed by atoms with Crippen LogP contribution in [0.2, 0.25) is 0 Å². The third kappa shape index (κ3) is 4.24. The van der Waals surface area contributed by atoms with Crippen molar-refractivity contribution in [3.8, 4) is 6.07 Å². The van der Waals surface area contributed by atoms with Crippen molar-refractivity contribution in [2.75, 3.05) is 43.1 Å². The number of halogens is 1. The second-order valence-electron chi connectivity index (χ2n) is 9.12. The molecule has 9 nitrogen and oxygen atoms in total. The molecule has 2 unspecified atom stereocenters. The van der Waals surface area contributed by atoms with Gasteiger partial charge in [-0.2, -0.15) is 22.1 Å². The monoisotopic (exact) mass is 510 g/mol. The first-order valence-corrected chi connectivity index (χ1v) is 13.0. The number of nitriles is 1. The number of thioether (sulfide) groups is 1. The third-order valence-corrected chi connectivity index (χ3v) is 7.90. The Hall–Kier alpha value is -3.36. The molecule has 0 bridgehead atoms. The molecule has 188 valence electrons. The smallest absolute Gasteiger partial charge is 0.261 e. The molecule has 2 fully saturated rings. The van der Waals surface area contributed by atoms with Gasteiger partial charge in [0.05, 0.1) is 24.6 Å². The van der Waals surface area contributed by atoms with Crippen LogP contribution in [0.4, 0.5) is 15.9 Å². The van der Waals surface area contributed by atoms with Gasteiger partial charge in [0.25, 0.3) is 11.5 Å². The normalized spacial score (nSPS) is 22.4. The molecule has 5 rings (SSSR count). The maximum Gasteiger partial charge on any atom is 0.261 e. The number of rotatable bonds is 5. The molecule has 11 heteroatoms. The molecule has 0 spiro atoms. The number of fused-ring (bicyclic) bond motifs is 1. The molecule has 0 radical (unpaired) electrons. The number of aryl methyl sites for hydroxylation is 1.